The summed E-state index contributed by atoms with van der Waals surface area (Å²) in [6.07, 6.45) is -2.81. The molecular formula is C12H14N2O5. The maximum absolute atomic E-state index is 11.1. The molecule has 4 N–H and O–H groups in total. The van der Waals surface area contributed by atoms with Gasteiger partial charge >= 0.3 is 11.7 Å². The van der Waals surface area contributed by atoms with E-state index in [0.29, 0.717) is 16.6 Å². The fourth-order valence-corrected chi connectivity index (χ4v) is 1.82. The molecule has 0 aliphatic heterocycles. The van der Waals surface area contributed by atoms with Crippen LogP contribution in [0.25, 0.3) is 11.0 Å². The highest BCUT2D eigenvalue weighted by molar-refractivity contribution is 5.75. The van der Waals surface area contributed by atoms with Crippen LogP contribution in [0.1, 0.15) is 18.1 Å². The Balaban J connectivity index is 2.22. The van der Waals surface area contributed by atoms with Gasteiger partial charge in [0.25, 0.3) is 0 Å². The van der Waals surface area contributed by atoms with E-state index in [0.717, 1.165) is 0 Å². The van der Waals surface area contributed by atoms with Crippen LogP contribution in [0.4, 0.5) is 0 Å². The summed E-state index contributed by atoms with van der Waals surface area (Å²) in [6, 6.07) is 4.71. The molecule has 7 heteroatoms. The van der Waals surface area contributed by atoms with Crippen molar-refractivity contribution in [3.8, 4) is 0 Å². The zero-order valence-electron chi connectivity index (χ0n) is 10.2. The van der Waals surface area contributed by atoms with E-state index >= 15 is 0 Å². The molecule has 0 amide bonds. The quantitative estimate of drug-likeness (QED) is 0.573. The molecule has 1 aromatic heterocycles. The lowest BCUT2D eigenvalue weighted by molar-refractivity contribution is -0.144. The number of carbonyl (C=O) groups excluding carboxylic acids is 1. The molecule has 2 aromatic rings. The van der Waals surface area contributed by atoms with Gasteiger partial charge in [0.2, 0.25) is 0 Å². The van der Waals surface area contributed by atoms with Crippen LogP contribution in [0.2, 0.25) is 0 Å². The van der Waals surface area contributed by atoms with Crippen LogP contribution in [0.3, 0.4) is 0 Å². The molecule has 2 atom stereocenters. The number of rotatable bonds is 4. The average Bonchev–Trinajstić information content (AvgIpc) is 2.76. The van der Waals surface area contributed by atoms with Gasteiger partial charge in [0.15, 0.2) is 0 Å². The number of methoxy groups -OCH3 is 1. The van der Waals surface area contributed by atoms with Crippen molar-refractivity contribution in [3.63, 3.8) is 0 Å². The normalized spacial score (nSPS) is 14.3. The SMILES string of the molecule is COC(=O)CC(O)C(O)c1ccc2[nH]c(=O)[nH]c2c1. The van der Waals surface area contributed by atoms with Crippen LogP contribution in [-0.4, -0.2) is 39.4 Å². The third-order valence-electron chi connectivity index (χ3n) is 2.85. The van der Waals surface area contributed by atoms with E-state index in [4.69, 9.17) is 0 Å². The minimum absolute atomic E-state index is 0.306. The van der Waals surface area contributed by atoms with E-state index in [1.165, 1.54) is 7.11 Å². The summed E-state index contributed by atoms with van der Waals surface area (Å²) in [7, 11) is 1.21. The number of aliphatic hydroxyl groups excluding tert-OH is 2. The molecule has 19 heavy (non-hydrogen) atoms. The molecule has 0 aliphatic carbocycles. The molecule has 7 nitrogen and oxygen atoms in total. The Morgan fingerprint density at radius 2 is 2.00 bits per heavy atom. The molecular weight excluding hydrogens is 252 g/mol. The summed E-state index contributed by atoms with van der Waals surface area (Å²) in [5, 5.41) is 19.7. The Morgan fingerprint density at radius 3 is 2.68 bits per heavy atom. The number of imidazole rings is 1. The maximum atomic E-state index is 11.1. The lowest BCUT2D eigenvalue weighted by atomic mass is 10.0. The number of carbonyl (C=O) groups is 1. The molecule has 0 fully saturated rings. The van der Waals surface area contributed by atoms with Crippen molar-refractivity contribution < 1.29 is 19.7 Å². The Kier molecular flexibility index (Phi) is 3.68. The van der Waals surface area contributed by atoms with Gasteiger partial charge in [-0.3, -0.25) is 4.79 Å². The van der Waals surface area contributed by atoms with Crippen molar-refractivity contribution >= 4 is 17.0 Å². The number of aromatic amines is 2. The van der Waals surface area contributed by atoms with E-state index in [9.17, 15) is 19.8 Å². The highest BCUT2D eigenvalue weighted by Gasteiger charge is 2.22. The highest BCUT2D eigenvalue weighted by atomic mass is 16.5. The molecule has 1 heterocycles. The maximum Gasteiger partial charge on any atom is 0.323 e. The van der Waals surface area contributed by atoms with Crippen LogP contribution in [0, 0.1) is 0 Å². The summed E-state index contributed by atoms with van der Waals surface area (Å²) in [5.74, 6) is -0.609. The average molecular weight is 266 g/mol. The van der Waals surface area contributed by atoms with E-state index in [1.807, 2.05) is 0 Å². The lowest BCUT2D eigenvalue weighted by Gasteiger charge is -2.17. The zero-order valence-corrected chi connectivity index (χ0v) is 10.2. The van der Waals surface area contributed by atoms with Crippen LogP contribution < -0.4 is 5.69 Å². The van der Waals surface area contributed by atoms with Crippen molar-refractivity contribution in [1.29, 1.82) is 0 Å². The van der Waals surface area contributed by atoms with E-state index in [1.54, 1.807) is 18.2 Å². The van der Waals surface area contributed by atoms with Gasteiger partial charge in [0.05, 0.1) is 30.7 Å². The Hall–Kier alpha value is -2.12. The first-order valence-electron chi connectivity index (χ1n) is 5.66. The summed E-state index contributed by atoms with van der Waals surface area (Å²) in [6.45, 7) is 0. The standard InChI is InChI=1S/C12H14N2O5/c1-19-10(16)5-9(15)11(17)6-2-3-7-8(4-6)14-12(18)13-7/h2-4,9,11,15,17H,5H2,1H3,(H2,13,14,18). The summed E-state index contributed by atoms with van der Waals surface area (Å²) in [4.78, 5) is 27.2. The van der Waals surface area contributed by atoms with Crippen LogP contribution in [0.15, 0.2) is 23.0 Å². The number of nitrogens with one attached hydrogen (secondary N) is 2. The minimum atomic E-state index is -1.27. The van der Waals surface area contributed by atoms with E-state index in [-0.39, 0.29) is 12.1 Å². The minimum Gasteiger partial charge on any atom is -0.469 e. The number of aromatic nitrogens is 2. The molecule has 0 radical (unpaired) electrons. The van der Waals surface area contributed by atoms with Gasteiger partial charge in [-0.05, 0) is 17.7 Å². The second kappa shape index (κ2) is 5.25. The largest absolute Gasteiger partial charge is 0.469 e. The van der Waals surface area contributed by atoms with Gasteiger partial charge in [0.1, 0.15) is 6.10 Å². The van der Waals surface area contributed by atoms with Crippen molar-refractivity contribution in [2.75, 3.05) is 7.11 Å². The molecule has 0 aliphatic rings. The molecule has 0 saturated heterocycles. The highest BCUT2D eigenvalue weighted by Crippen LogP contribution is 2.21. The van der Waals surface area contributed by atoms with Gasteiger partial charge in [-0.25, -0.2) is 4.79 Å². The van der Waals surface area contributed by atoms with Gasteiger partial charge in [-0.2, -0.15) is 0 Å². The molecule has 0 bridgehead atoms. The molecule has 2 rings (SSSR count). The van der Waals surface area contributed by atoms with Gasteiger partial charge in [-0.1, -0.05) is 6.07 Å². The third-order valence-corrected chi connectivity index (χ3v) is 2.85. The fraction of sp³-hybridized carbons (Fsp3) is 0.333. The number of benzene rings is 1. The van der Waals surface area contributed by atoms with Gasteiger partial charge in [0, 0.05) is 0 Å². The van der Waals surface area contributed by atoms with Crippen LogP contribution in [-0.2, 0) is 9.53 Å². The van der Waals surface area contributed by atoms with E-state index < -0.39 is 18.2 Å². The molecule has 102 valence electrons. The predicted octanol–water partition coefficient (Wildman–Crippen LogP) is -0.186. The van der Waals surface area contributed by atoms with Gasteiger partial charge < -0.3 is 24.9 Å². The number of ether oxygens (including phenoxy) is 1. The second-order valence-electron chi connectivity index (χ2n) is 4.18. The van der Waals surface area contributed by atoms with Gasteiger partial charge in [-0.15, -0.1) is 0 Å². The Morgan fingerprint density at radius 1 is 1.32 bits per heavy atom. The second-order valence-corrected chi connectivity index (χ2v) is 4.18. The molecule has 2 unspecified atom stereocenters. The monoisotopic (exact) mass is 266 g/mol. The fourth-order valence-electron chi connectivity index (χ4n) is 1.82. The number of H-pyrrole nitrogens is 2. The summed E-state index contributed by atoms with van der Waals surface area (Å²) >= 11 is 0. The van der Waals surface area contributed by atoms with E-state index in [2.05, 4.69) is 14.7 Å². The Labute approximate surface area is 107 Å². The molecule has 1 aromatic carbocycles. The lowest BCUT2D eigenvalue weighted by Crippen LogP contribution is -2.22. The number of hydrogen-bond donors (Lipinski definition) is 4. The first-order chi connectivity index (χ1) is 9.01. The number of fused-ring (bicyclic) bond motifs is 1. The van der Waals surface area contributed by atoms with Crippen LogP contribution in [0.5, 0.6) is 0 Å². The zero-order chi connectivity index (χ0) is 14.0. The molecule has 0 spiro atoms. The van der Waals surface area contributed by atoms with Crippen molar-refractivity contribution in [2.24, 2.45) is 0 Å². The Bertz CT molecular complexity index is 645. The first-order valence-corrected chi connectivity index (χ1v) is 5.66. The summed E-state index contributed by atoms with van der Waals surface area (Å²) in [5.41, 5.74) is 1.17. The van der Waals surface area contributed by atoms with Crippen molar-refractivity contribution in [2.45, 2.75) is 18.6 Å². The summed E-state index contributed by atoms with van der Waals surface area (Å²) < 4.78 is 4.42. The van der Waals surface area contributed by atoms with Crippen LogP contribution >= 0.6 is 0 Å². The smallest absolute Gasteiger partial charge is 0.323 e. The molecule has 0 saturated carbocycles. The number of hydrogen-bond acceptors (Lipinski definition) is 5. The number of aliphatic hydroxyl groups is 2. The first kappa shape index (κ1) is 13.3. The third kappa shape index (κ3) is 2.83. The predicted molar refractivity (Wildman–Crippen MR) is 66.5 cm³/mol. The number of esters is 1. The van der Waals surface area contributed by atoms with Crippen molar-refractivity contribution in [3.05, 3.63) is 34.2 Å². The van der Waals surface area contributed by atoms with Crippen molar-refractivity contribution in [1.82, 2.24) is 9.97 Å². The topological polar surface area (TPSA) is 115 Å².